The second-order valence-corrected chi connectivity index (χ2v) is 7.01. The van der Waals surface area contributed by atoms with Crippen LogP contribution >= 0.6 is 0 Å². The molecule has 0 saturated carbocycles. The van der Waals surface area contributed by atoms with E-state index in [9.17, 15) is 14.4 Å². The van der Waals surface area contributed by atoms with Crippen molar-refractivity contribution in [1.82, 2.24) is 15.8 Å². The Hall–Kier alpha value is -2.81. The van der Waals surface area contributed by atoms with Gasteiger partial charge in [0.05, 0.1) is 19.8 Å². The molecule has 0 atom stereocenters. The van der Waals surface area contributed by atoms with Gasteiger partial charge in [-0.2, -0.15) is 0 Å². The van der Waals surface area contributed by atoms with E-state index >= 15 is 0 Å². The minimum absolute atomic E-state index is 0.0713. The minimum Gasteiger partial charge on any atom is -0.443 e. The van der Waals surface area contributed by atoms with Crippen LogP contribution in [0.3, 0.4) is 0 Å². The summed E-state index contributed by atoms with van der Waals surface area (Å²) in [6.07, 6.45) is -0.742. The number of hydrazine groups is 1. The van der Waals surface area contributed by atoms with Gasteiger partial charge in [0.2, 0.25) is 0 Å². The molecule has 0 aliphatic carbocycles. The summed E-state index contributed by atoms with van der Waals surface area (Å²) in [6, 6.07) is 6.91. The first-order valence-corrected chi connectivity index (χ1v) is 8.73. The summed E-state index contributed by atoms with van der Waals surface area (Å²) in [5.74, 6) is -0.524. The van der Waals surface area contributed by atoms with Crippen LogP contribution in [0, 0.1) is 0 Å². The molecule has 3 N–H and O–H groups in total. The van der Waals surface area contributed by atoms with E-state index in [0.717, 1.165) is 0 Å². The van der Waals surface area contributed by atoms with E-state index in [-0.39, 0.29) is 12.5 Å². The number of nitrogens with one attached hydrogen (secondary N) is 3. The van der Waals surface area contributed by atoms with Gasteiger partial charge in [-0.15, -0.1) is 0 Å². The molecular formula is C18H26N4O5. The maximum Gasteiger partial charge on any atom is 0.426 e. The van der Waals surface area contributed by atoms with Crippen molar-refractivity contribution < 1.29 is 23.9 Å². The van der Waals surface area contributed by atoms with Crippen molar-refractivity contribution in [3.63, 3.8) is 0 Å². The van der Waals surface area contributed by atoms with Crippen molar-refractivity contribution in [2.24, 2.45) is 0 Å². The lowest BCUT2D eigenvalue weighted by atomic mass is 10.1. The van der Waals surface area contributed by atoms with Crippen molar-refractivity contribution in [3.05, 3.63) is 29.8 Å². The number of nitrogens with zero attached hydrogens (tertiary/aromatic N) is 1. The lowest BCUT2D eigenvalue weighted by molar-refractivity contribution is -0.120. The highest BCUT2D eigenvalue weighted by atomic mass is 16.6. The standard InChI is InChI=1S/C18H26N4O5/c1-18(2,3)27-17(25)21-20-15(23)12-19-14-6-4-5-13(11-14)16(24)22-7-9-26-10-8-22/h4-6,11,19H,7-10,12H2,1-3H3,(H,20,23)(H,21,25). The summed E-state index contributed by atoms with van der Waals surface area (Å²) in [6.45, 7) is 7.29. The van der Waals surface area contributed by atoms with E-state index in [1.54, 1.807) is 49.9 Å². The molecule has 27 heavy (non-hydrogen) atoms. The van der Waals surface area contributed by atoms with Crippen molar-refractivity contribution in [2.45, 2.75) is 26.4 Å². The highest BCUT2D eigenvalue weighted by Crippen LogP contribution is 2.13. The summed E-state index contributed by atoms with van der Waals surface area (Å²) in [5.41, 5.74) is 4.93. The zero-order valence-electron chi connectivity index (χ0n) is 15.8. The number of carbonyl (C=O) groups is 3. The fourth-order valence-electron chi connectivity index (χ4n) is 2.36. The van der Waals surface area contributed by atoms with E-state index in [0.29, 0.717) is 37.6 Å². The third-order valence-corrected chi connectivity index (χ3v) is 3.56. The Balaban J connectivity index is 1.81. The van der Waals surface area contributed by atoms with E-state index < -0.39 is 17.6 Å². The van der Waals surface area contributed by atoms with Crippen LogP contribution in [0.15, 0.2) is 24.3 Å². The number of ether oxygens (including phenoxy) is 2. The zero-order valence-corrected chi connectivity index (χ0v) is 15.8. The Labute approximate surface area is 158 Å². The van der Waals surface area contributed by atoms with Crippen LogP contribution in [0.2, 0.25) is 0 Å². The molecule has 1 aliphatic rings. The maximum atomic E-state index is 12.5. The molecule has 0 unspecified atom stereocenters. The Morgan fingerprint density at radius 2 is 1.85 bits per heavy atom. The zero-order chi connectivity index (χ0) is 19.9. The fourth-order valence-corrected chi connectivity index (χ4v) is 2.36. The topological polar surface area (TPSA) is 109 Å². The summed E-state index contributed by atoms with van der Waals surface area (Å²) in [7, 11) is 0. The minimum atomic E-state index is -0.742. The van der Waals surface area contributed by atoms with Gasteiger partial charge in [0, 0.05) is 24.3 Å². The normalized spacial score (nSPS) is 14.3. The van der Waals surface area contributed by atoms with Gasteiger partial charge in [-0.3, -0.25) is 15.0 Å². The predicted octanol–water partition coefficient (Wildman–Crippen LogP) is 1.13. The average molecular weight is 378 g/mol. The smallest absolute Gasteiger partial charge is 0.426 e. The number of amides is 3. The molecule has 9 nitrogen and oxygen atoms in total. The number of hydrogen-bond acceptors (Lipinski definition) is 6. The van der Waals surface area contributed by atoms with Gasteiger partial charge in [0.25, 0.3) is 11.8 Å². The number of rotatable bonds is 4. The third kappa shape index (κ3) is 7.14. The molecule has 1 saturated heterocycles. The van der Waals surface area contributed by atoms with Gasteiger partial charge in [-0.05, 0) is 39.0 Å². The van der Waals surface area contributed by atoms with Crippen LogP contribution in [-0.2, 0) is 14.3 Å². The van der Waals surface area contributed by atoms with Gasteiger partial charge < -0.3 is 19.7 Å². The average Bonchev–Trinajstić information content (AvgIpc) is 2.63. The van der Waals surface area contributed by atoms with Crippen molar-refractivity contribution in [3.8, 4) is 0 Å². The molecule has 0 radical (unpaired) electrons. The predicted molar refractivity (Wildman–Crippen MR) is 99.2 cm³/mol. The molecular weight excluding hydrogens is 352 g/mol. The van der Waals surface area contributed by atoms with E-state index in [1.807, 2.05) is 0 Å². The summed E-state index contributed by atoms with van der Waals surface area (Å²) in [4.78, 5) is 37.5. The molecule has 3 amide bonds. The van der Waals surface area contributed by atoms with Gasteiger partial charge in [0.1, 0.15) is 5.60 Å². The van der Waals surface area contributed by atoms with Crippen molar-refractivity contribution in [2.75, 3.05) is 38.2 Å². The van der Waals surface area contributed by atoms with Crippen molar-refractivity contribution >= 4 is 23.6 Å². The molecule has 1 heterocycles. The fraction of sp³-hybridized carbons (Fsp3) is 0.500. The van der Waals surface area contributed by atoms with Crippen LogP contribution in [-0.4, -0.2) is 61.3 Å². The Kier molecular flexibility index (Phi) is 7.00. The molecule has 0 spiro atoms. The molecule has 0 aromatic heterocycles. The lowest BCUT2D eigenvalue weighted by Crippen LogP contribution is -2.46. The van der Waals surface area contributed by atoms with Crippen LogP contribution in [0.5, 0.6) is 0 Å². The van der Waals surface area contributed by atoms with Gasteiger partial charge in [0.15, 0.2) is 0 Å². The number of morpholine rings is 1. The van der Waals surface area contributed by atoms with Crippen LogP contribution in [0.1, 0.15) is 31.1 Å². The van der Waals surface area contributed by atoms with Gasteiger partial charge in [-0.25, -0.2) is 10.2 Å². The molecule has 1 aromatic rings. The van der Waals surface area contributed by atoms with Crippen molar-refractivity contribution in [1.29, 1.82) is 0 Å². The Morgan fingerprint density at radius 3 is 2.52 bits per heavy atom. The Bertz CT molecular complexity index is 681. The molecule has 2 rings (SSSR count). The van der Waals surface area contributed by atoms with Gasteiger partial charge >= 0.3 is 6.09 Å². The number of anilines is 1. The van der Waals surface area contributed by atoms with Crippen LogP contribution in [0.25, 0.3) is 0 Å². The first-order valence-electron chi connectivity index (χ1n) is 8.73. The number of carbonyl (C=O) groups excluding carboxylic acids is 3. The first-order chi connectivity index (χ1) is 12.7. The second kappa shape index (κ2) is 9.22. The monoisotopic (exact) mass is 378 g/mol. The summed E-state index contributed by atoms with van der Waals surface area (Å²) in [5, 5.41) is 2.92. The number of hydrogen-bond donors (Lipinski definition) is 3. The highest BCUT2D eigenvalue weighted by molar-refractivity contribution is 5.95. The van der Waals surface area contributed by atoms with Crippen LogP contribution in [0.4, 0.5) is 10.5 Å². The molecule has 9 heteroatoms. The third-order valence-electron chi connectivity index (χ3n) is 3.56. The SMILES string of the molecule is CC(C)(C)OC(=O)NNC(=O)CNc1cccc(C(=O)N2CCOCC2)c1. The molecule has 1 aromatic carbocycles. The summed E-state index contributed by atoms with van der Waals surface area (Å²) >= 11 is 0. The highest BCUT2D eigenvalue weighted by Gasteiger charge is 2.19. The van der Waals surface area contributed by atoms with E-state index in [2.05, 4.69) is 16.2 Å². The molecule has 148 valence electrons. The van der Waals surface area contributed by atoms with Gasteiger partial charge in [-0.1, -0.05) is 6.07 Å². The molecule has 0 bridgehead atoms. The summed E-state index contributed by atoms with van der Waals surface area (Å²) < 4.78 is 10.3. The molecule has 1 aliphatic heterocycles. The largest absolute Gasteiger partial charge is 0.443 e. The quantitative estimate of drug-likeness (QED) is 0.678. The Morgan fingerprint density at radius 1 is 1.15 bits per heavy atom. The second-order valence-electron chi connectivity index (χ2n) is 7.01. The lowest BCUT2D eigenvalue weighted by Gasteiger charge is -2.27. The van der Waals surface area contributed by atoms with Crippen LogP contribution < -0.4 is 16.2 Å². The number of benzene rings is 1. The molecule has 1 fully saturated rings. The van der Waals surface area contributed by atoms with E-state index in [1.165, 1.54) is 0 Å². The first kappa shape index (κ1) is 20.5. The van der Waals surface area contributed by atoms with E-state index in [4.69, 9.17) is 9.47 Å². The maximum absolute atomic E-state index is 12.5.